The molecule has 2 fully saturated rings. The molecule has 1 atom stereocenters. The number of ether oxygens (including phenoxy) is 1. The summed E-state index contributed by atoms with van der Waals surface area (Å²) in [7, 11) is 0. The minimum atomic E-state index is -0.480. The van der Waals surface area contributed by atoms with Crippen LogP contribution in [-0.4, -0.2) is 34.5 Å². The molecule has 0 radical (unpaired) electrons. The zero-order valence-corrected chi connectivity index (χ0v) is 11.7. The van der Waals surface area contributed by atoms with E-state index in [9.17, 15) is 9.59 Å². The Labute approximate surface area is 122 Å². The number of carbonyl (C=O) groups excluding carboxylic acids is 2. The van der Waals surface area contributed by atoms with E-state index in [-0.39, 0.29) is 11.6 Å². The largest absolute Gasteiger partial charge is 0.368 e. The first-order valence-corrected chi connectivity index (χ1v) is 7.29. The molecule has 3 rings (SSSR count). The normalized spacial score (nSPS) is 21.6. The van der Waals surface area contributed by atoms with Crippen LogP contribution < -0.4 is 10.9 Å². The lowest BCUT2D eigenvalue weighted by atomic mass is 10.1. The fraction of sp³-hybridized carbons (Fsp3) is 0.571. The molecular weight excluding hydrogens is 272 g/mol. The van der Waals surface area contributed by atoms with E-state index in [1.165, 1.54) is 6.07 Å². The number of aromatic nitrogens is 2. The van der Waals surface area contributed by atoms with Gasteiger partial charge in [0.05, 0.1) is 0 Å². The fourth-order valence-electron chi connectivity index (χ4n) is 2.25. The van der Waals surface area contributed by atoms with Gasteiger partial charge in [-0.2, -0.15) is 0 Å². The lowest BCUT2D eigenvalue weighted by molar-refractivity contribution is -0.136. The van der Waals surface area contributed by atoms with Crippen LogP contribution in [0.5, 0.6) is 0 Å². The number of hydrogen-bond donors (Lipinski definition) is 2. The van der Waals surface area contributed by atoms with Crippen LogP contribution in [0.4, 0.5) is 0 Å². The van der Waals surface area contributed by atoms with Gasteiger partial charge in [-0.3, -0.25) is 20.4 Å². The molecule has 1 unspecified atom stereocenters. The maximum absolute atomic E-state index is 12.0. The highest BCUT2D eigenvalue weighted by molar-refractivity contribution is 5.94. The zero-order valence-electron chi connectivity index (χ0n) is 11.7. The van der Waals surface area contributed by atoms with Crippen LogP contribution in [0, 0.1) is 0 Å². The minimum Gasteiger partial charge on any atom is -0.368 e. The SMILES string of the molecule is O=C(NNC(=O)C1CCCCO1)c1ccnc(C2CC2)n1. The summed E-state index contributed by atoms with van der Waals surface area (Å²) in [5.74, 6) is 0.315. The highest BCUT2D eigenvalue weighted by atomic mass is 16.5. The van der Waals surface area contributed by atoms with Crippen molar-refractivity contribution in [1.29, 1.82) is 0 Å². The van der Waals surface area contributed by atoms with Gasteiger partial charge in [0.15, 0.2) is 0 Å². The summed E-state index contributed by atoms with van der Waals surface area (Å²) in [5.41, 5.74) is 5.03. The molecule has 1 aromatic heterocycles. The maximum atomic E-state index is 12.0. The fourth-order valence-corrected chi connectivity index (χ4v) is 2.25. The second kappa shape index (κ2) is 6.17. The molecule has 2 aliphatic rings. The Morgan fingerprint density at radius 3 is 2.76 bits per heavy atom. The van der Waals surface area contributed by atoms with E-state index in [0.717, 1.165) is 25.7 Å². The number of nitrogens with one attached hydrogen (secondary N) is 2. The van der Waals surface area contributed by atoms with Gasteiger partial charge in [-0.25, -0.2) is 9.97 Å². The molecule has 21 heavy (non-hydrogen) atoms. The molecule has 2 heterocycles. The quantitative estimate of drug-likeness (QED) is 0.799. The summed E-state index contributed by atoms with van der Waals surface area (Å²) in [5, 5.41) is 0. The first kappa shape index (κ1) is 13.9. The molecule has 0 bridgehead atoms. The third kappa shape index (κ3) is 3.55. The number of rotatable bonds is 3. The monoisotopic (exact) mass is 290 g/mol. The smallest absolute Gasteiger partial charge is 0.288 e. The van der Waals surface area contributed by atoms with Crippen molar-refractivity contribution in [2.75, 3.05) is 6.61 Å². The van der Waals surface area contributed by atoms with E-state index in [0.29, 0.717) is 24.8 Å². The first-order valence-electron chi connectivity index (χ1n) is 7.29. The Hall–Kier alpha value is -2.02. The van der Waals surface area contributed by atoms with Crippen molar-refractivity contribution in [1.82, 2.24) is 20.8 Å². The van der Waals surface area contributed by atoms with Crippen molar-refractivity contribution < 1.29 is 14.3 Å². The second-order valence-corrected chi connectivity index (χ2v) is 5.37. The van der Waals surface area contributed by atoms with Crippen LogP contribution in [0.3, 0.4) is 0 Å². The zero-order chi connectivity index (χ0) is 14.7. The summed E-state index contributed by atoms with van der Waals surface area (Å²) < 4.78 is 5.35. The van der Waals surface area contributed by atoms with Crippen LogP contribution in [0.25, 0.3) is 0 Å². The molecule has 2 amide bonds. The van der Waals surface area contributed by atoms with Gasteiger partial charge in [-0.15, -0.1) is 0 Å². The molecule has 0 aromatic carbocycles. The summed E-state index contributed by atoms with van der Waals surface area (Å²) in [6.07, 6.45) is 5.85. The van der Waals surface area contributed by atoms with E-state index >= 15 is 0 Å². The van der Waals surface area contributed by atoms with Crippen LogP contribution in [0.15, 0.2) is 12.3 Å². The van der Waals surface area contributed by atoms with E-state index in [2.05, 4.69) is 20.8 Å². The van der Waals surface area contributed by atoms with E-state index in [4.69, 9.17) is 4.74 Å². The van der Waals surface area contributed by atoms with Crippen LogP contribution >= 0.6 is 0 Å². The molecular formula is C14H18N4O3. The van der Waals surface area contributed by atoms with Gasteiger partial charge in [-0.05, 0) is 38.2 Å². The van der Waals surface area contributed by atoms with Crippen molar-refractivity contribution in [3.05, 3.63) is 23.8 Å². The van der Waals surface area contributed by atoms with E-state index < -0.39 is 12.0 Å². The molecule has 7 heteroatoms. The Morgan fingerprint density at radius 2 is 2.05 bits per heavy atom. The lowest BCUT2D eigenvalue weighted by Crippen LogP contribution is -2.48. The predicted molar refractivity (Wildman–Crippen MR) is 73.2 cm³/mol. The minimum absolute atomic E-state index is 0.261. The van der Waals surface area contributed by atoms with Crippen LogP contribution in [-0.2, 0) is 9.53 Å². The first-order chi connectivity index (χ1) is 10.2. The predicted octanol–water partition coefficient (Wildman–Crippen LogP) is 0.684. The van der Waals surface area contributed by atoms with Crippen molar-refractivity contribution in [3.8, 4) is 0 Å². The Kier molecular flexibility index (Phi) is 4.10. The van der Waals surface area contributed by atoms with Gasteiger partial charge >= 0.3 is 0 Å². The summed E-state index contributed by atoms with van der Waals surface area (Å²) >= 11 is 0. The molecule has 2 N–H and O–H groups in total. The van der Waals surface area contributed by atoms with Crippen molar-refractivity contribution in [2.45, 2.75) is 44.1 Å². The third-order valence-electron chi connectivity index (χ3n) is 3.62. The number of amides is 2. The summed E-state index contributed by atoms with van der Waals surface area (Å²) in [4.78, 5) is 32.2. The summed E-state index contributed by atoms with van der Waals surface area (Å²) in [6.45, 7) is 0.586. The van der Waals surface area contributed by atoms with Gasteiger partial charge in [-0.1, -0.05) is 0 Å². The molecule has 1 saturated carbocycles. The topological polar surface area (TPSA) is 93.2 Å². The van der Waals surface area contributed by atoms with Crippen LogP contribution in [0.2, 0.25) is 0 Å². The molecule has 7 nitrogen and oxygen atoms in total. The van der Waals surface area contributed by atoms with Gasteiger partial charge < -0.3 is 4.74 Å². The average Bonchev–Trinajstić information content (AvgIpc) is 3.38. The van der Waals surface area contributed by atoms with Crippen molar-refractivity contribution >= 4 is 11.8 Å². The third-order valence-corrected chi connectivity index (χ3v) is 3.62. The maximum Gasteiger partial charge on any atom is 0.288 e. The lowest BCUT2D eigenvalue weighted by Gasteiger charge is -2.21. The van der Waals surface area contributed by atoms with Gasteiger partial charge in [0.25, 0.3) is 11.8 Å². The van der Waals surface area contributed by atoms with E-state index in [1.807, 2.05) is 0 Å². The molecule has 1 aliphatic carbocycles. The van der Waals surface area contributed by atoms with E-state index in [1.54, 1.807) is 6.20 Å². The number of carbonyl (C=O) groups is 2. The Morgan fingerprint density at radius 1 is 1.19 bits per heavy atom. The summed E-state index contributed by atoms with van der Waals surface area (Å²) in [6, 6.07) is 1.53. The van der Waals surface area contributed by atoms with Crippen molar-refractivity contribution in [2.24, 2.45) is 0 Å². The van der Waals surface area contributed by atoms with Gasteiger partial charge in [0.1, 0.15) is 17.6 Å². The second-order valence-electron chi connectivity index (χ2n) is 5.37. The number of hydrazine groups is 1. The molecule has 112 valence electrons. The average molecular weight is 290 g/mol. The number of nitrogens with zero attached hydrogens (tertiary/aromatic N) is 2. The molecule has 0 spiro atoms. The molecule has 1 saturated heterocycles. The van der Waals surface area contributed by atoms with Crippen LogP contribution in [0.1, 0.15) is 54.3 Å². The highest BCUT2D eigenvalue weighted by Gasteiger charge is 2.27. The molecule has 1 aliphatic heterocycles. The van der Waals surface area contributed by atoms with Gasteiger partial charge in [0.2, 0.25) is 0 Å². The standard InChI is InChI=1S/C14H18N4O3/c19-13(10-6-7-15-12(16-10)9-4-5-9)17-18-14(20)11-3-1-2-8-21-11/h6-7,9,11H,1-5,8H2,(H,17,19)(H,18,20). The molecule has 1 aromatic rings. The Balaban J connectivity index is 1.53. The Bertz CT molecular complexity index is 539. The highest BCUT2D eigenvalue weighted by Crippen LogP contribution is 2.37. The van der Waals surface area contributed by atoms with Crippen molar-refractivity contribution in [3.63, 3.8) is 0 Å². The number of hydrogen-bond acceptors (Lipinski definition) is 5. The van der Waals surface area contributed by atoms with Gasteiger partial charge in [0, 0.05) is 18.7 Å².